The Balaban J connectivity index is 2.43. The van der Waals surface area contributed by atoms with Gasteiger partial charge < -0.3 is 9.67 Å². The van der Waals surface area contributed by atoms with Crippen molar-refractivity contribution >= 4 is 5.97 Å². The Morgan fingerprint density at radius 1 is 1.39 bits per heavy atom. The highest BCUT2D eigenvalue weighted by Gasteiger charge is 2.25. The Labute approximate surface area is 107 Å². The minimum atomic E-state index is -0.769. The smallest absolute Gasteiger partial charge is 0.309 e. The van der Waals surface area contributed by atoms with Gasteiger partial charge in [-0.05, 0) is 45.2 Å². The Hall–Kier alpha value is -1.58. The molecule has 1 N–H and O–H groups in total. The van der Waals surface area contributed by atoms with E-state index in [0.29, 0.717) is 13.0 Å². The molecule has 0 amide bonds. The van der Waals surface area contributed by atoms with Crippen LogP contribution in [0, 0.1) is 12.3 Å². The number of unbranched alkanes of at least 4 members (excludes halogenated alkanes) is 1. The summed E-state index contributed by atoms with van der Waals surface area (Å²) in [6.45, 7) is 6.00. The largest absolute Gasteiger partial charge is 0.481 e. The molecule has 0 saturated heterocycles. The minimum absolute atomic E-state index is 0.00694. The molecule has 0 saturated carbocycles. The van der Waals surface area contributed by atoms with Gasteiger partial charge in [-0.25, -0.2) is 0 Å². The summed E-state index contributed by atoms with van der Waals surface area (Å²) in [5.74, 6) is -0.769. The van der Waals surface area contributed by atoms with E-state index in [4.69, 9.17) is 5.11 Å². The average Bonchev–Trinajstić information content (AvgIpc) is 2.26. The fourth-order valence-electron chi connectivity index (χ4n) is 1.75. The molecule has 0 atom stereocenters. The van der Waals surface area contributed by atoms with Crippen molar-refractivity contribution in [1.29, 1.82) is 0 Å². The normalized spacial score (nSPS) is 11.5. The second-order valence-electron chi connectivity index (χ2n) is 5.38. The number of pyridine rings is 1. The second-order valence-corrected chi connectivity index (χ2v) is 5.38. The first kappa shape index (κ1) is 14.5. The third-order valence-corrected chi connectivity index (χ3v) is 3.18. The number of hydrogen-bond acceptors (Lipinski definition) is 2. The molecule has 0 aliphatic carbocycles. The minimum Gasteiger partial charge on any atom is -0.481 e. The van der Waals surface area contributed by atoms with Gasteiger partial charge in [0.1, 0.15) is 0 Å². The quantitative estimate of drug-likeness (QED) is 0.790. The third-order valence-electron chi connectivity index (χ3n) is 3.18. The first-order chi connectivity index (χ1) is 8.33. The average molecular weight is 251 g/mol. The maximum Gasteiger partial charge on any atom is 0.309 e. The number of hydrogen-bond donors (Lipinski definition) is 1. The number of nitrogens with zero attached hydrogens (tertiary/aromatic N) is 1. The van der Waals surface area contributed by atoms with Crippen LogP contribution in [0.3, 0.4) is 0 Å². The SMILES string of the molecule is Cc1ccn(CCCCC(C)(C)C(=O)O)c(=O)c1. The van der Waals surface area contributed by atoms with Crippen LogP contribution in [-0.4, -0.2) is 15.6 Å². The molecule has 0 aliphatic rings. The van der Waals surface area contributed by atoms with Crippen molar-refractivity contribution < 1.29 is 9.90 Å². The molecule has 0 aliphatic heterocycles. The van der Waals surface area contributed by atoms with Gasteiger partial charge in [0.05, 0.1) is 5.41 Å². The molecule has 1 aromatic rings. The number of rotatable bonds is 6. The molecule has 18 heavy (non-hydrogen) atoms. The van der Waals surface area contributed by atoms with Crippen LogP contribution < -0.4 is 5.56 Å². The lowest BCUT2D eigenvalue weighted by molar-refractivity contribution is -0.147. The van der Waals surface area contributed by atoms with Gasteiger partial charge in [-0.1, -0.05) is 6.42 Å². The number of carboxylic acids is 1. The molecule has 0 bridgehead atoms. The summed E-state index contributed by atoms with van der Waals surface area (Å²) in [5, 5.41) is 8.98. The molecule has 0 spiro atoms. The van der Waals surface area contributed by atoms with E-state index < -0.39 is 11.4 Å². The zero-order chi connectivity index (χ0) is 13.8. The molecule has 0 aromatic carbocycles. The van der Waals surface area contributed by atoms with Crippen LogP contribution in [0.15, 0.2) is 23.1 Å². The lowest BCUT2D eigenvalue weighted by Crippen LogP contribution is -2.24. The van der Waals surface area contributed by atoms with E-state index in [1.54, 1.807) is 30.7 Å². The van der Waals surface area contributed by atoms with Crippen molar-refractivity contribution in [3.05, 3.63) is 34.2 Å². The second kappa shape index (κ2) is 5.85. The molecule has 0 unspecified atom stereocenters. The van der Waals surface area contributed by atoms with E-state index in [9.17, 15) is 9.59 Å². The van der Waals surface area contributed by atoms with Gasteiger partial charge in [0.15, 0.2) is 0 Å². The molecule has 100 valence electrons. The Morgan fingerprint density at radius 2 is 2.06 bits per heavy atom. The monoisotopic (exact) mass is 251 g/mol. The summed E-state index contributed by atoms with van der Waals surface area (Å²) in [6, 6.07) is 3.52. The summed E-state index contributed by atoms with van der Waals surface area (Å²) in [5.41, 5.74) is 0.286. The predicted octanol–water partition coefficient (Wildman–Crippen LogP) is 2.44. The van der Waals surface area contributed by atoms with E-state index in [1.165, 1.54) is 0 Å². The van der Waals surface area contributed by atoms with E-state index in [2.05, 4.69) is 0 Å². The summed E-state index contributed by atoms with van der Waals surface area (Å²) < 4.78 is 1.67. The third kappa shape index (κ3) is 4.02. The highest BCUT2D eigenvalue weighted by molar-refractivity contribution is 5.73. The predicted molar refractivity (Wildman–Crippen MR) is 70.7 cm³/mol. The molecular formula is C14H21NO3. The molecular weight excluding hydrogens is 230 g/mol. The number of aromatic nitrogens is 1. The number of carbonyl (C=O) groups is 1. The molecule has 1 rings (SSSR count). The van der Waals surface area contributed by atoms with Crippen molar-refractivity contribution in [2.24, 2.45) is 5.41 Å². The zero-order valence-corrected chi connectivity index (χ0v) is 11.3. The molecule has 0 radical (unpaired) electrons. The summed E-state index contributed by atoms with van der Waals surface area (Å²) in [4.78, 5) is 22.5. The van der Waals surface area contributed by atoms with E-state index >= 15 is 0 Å². The van der Waals surface area contributed by atoms with Crippen LogP contribution in [0.2, 0.25) is 0 Å². The zero-order valence-electron chi connectivity index (χ0n) is 11.3. The van der Waals surface area contributed by atoms with Crippen LogP contribution in [0.5, 0.6) is 0 Å². The van der Waals surface area contributed by atoms with Crippen molar-refractivity contribution in [2.75, 3.05) is 0 Å². The fraction of sp³-hybridized carbons (Fsp3) is 0.571. The maximum atomic E-state index is 11.6. The van der Waals surface area contributed by atoms with Gasteiger partial charge >= 0.3 is 5.97 Å². The van der Waals surface area contributed by atoms with E-state index in [0.717, 1.165) is 18.4 Å². The molecule has 0 fully saturated rings. The van der Waals surface area contributed by atoms with Gasteiger partial charge in [-0.2, -0.15) is 0 Å². The molecule has 4 heteroatoms. The lowest BCUT2D eigenvalue weighted by Gasteiger charge is -2.18. The van der Waals surface area contributed by atoms with Crippen molar-refractivity contribution in [3.63, 3.8) is 0 Å². The topological polar surface area (TPSA) is 59.3 Å². The fourth-order valence-corrected chi connectivity index (χ4v) is 1.75. The van der Waals surface area contributed by atoms with Crippen molar-refractivity contribution in [2.45, 2.75) is 46.6 Å². The van der Waals surface area contributed by atoms with Crippen LogP contribution in [0.1, 0.15) is 38.7 Å². The summed E-state index contributed by atoms with van der Waals surface area (Å²) >= 11 is 0. The highest BCUT2D eigenvalue weighted by Crippen LogP contribution is 2.23. The summed E-state index contributed by atoms with van der Waals surface area (Å²) in [6.07, 6.45) is 4.04. The Morgan fingerprint density at radius 3 is 2.61 bits per heavy atom. The number of aryl methyl sites for hydroxylation is 2. The first-order valence-corrected chi connectivity index (χ1v) is 6.23. The van der Waals surface area contributed by atoms with Crippen LogP contribution in [0.25, 0.3) is 0 Å². The van der Waals surface area contributed by atoms with Crippen molar-refractivity contribution in [3.8, 4) is 0 Å². The van der Waals surface area contributed by atoms with Gasteiger partial charge in [0.2, 0.25) is 0 Å². The standard InChI is InChI=1S/C14H21NO3/c1-11-6-9-15(12(16)10-11)8-5-4-7-14(2,3)13(17)18/h6,9-10H,4-5,7-8H2,1-3H3,(H,17,18). The summed E-state index contributed by atoms with van der Waals surface area (Å²) in [7, 11) is 0. The van der Waals surface area contributed by atoms with Crippen LogP contribution in [-0.2, 0) is 11.3 Å². The van der Waals surface area contributed by atoms with E-state index in [-0.39, 0.29) is 5.56 Å². The van der Waals surface area contributed by atoms with E-state index in [1.807, 2.05) is 13.0 Å². The van der Waals surface area contributed by atoms with Gasteiger partial charge in [-0.15, -0.1) is 0 Å². The van der Waals surface area contributed by atoms with Gasteiger partial charge in [0.25, 0.3) is 5.56 Å². The van der Waals surface area contributed by atoms with Gasteiger partial charge in [0, 0.05) is 18.8 Å². The van der Waals surface area contributed by atoms with Crippen LogP contribution >= 0.6 is 0 Å². The van der Waals surface area contributed by atoms with Crippen LogP contribution in [0.4, 0.5) is 0 Å². The highest BCUT2D eigenvalue weighted by atomic mass is 16.4. The molecule has 4 nitrogen and oxygen atoms in total. The number of carboxylic acid groups (broad SMARTS) is 1. The lowest BCUT2D eigenvalue weighted by atomic mass is 9.87. The van der Waals surface area contributed by atoms with Crippen molar-refractivity contribution in [1.82, 2.24) is 4.57 Å². The Kier molecular flexibility index (Phi) is 4.70. The Bertz CT molecular complexity index is 474. The first-order valence-electron chi connectivity index (χ1n) is 6.23. The molecule has 1 aromatic heterocycles. The molecule has 1 heterocycles. The van der Waals surface area contributed by atoms with Gasteiger partial charge in [-0.3, -0.25) is 9.59 Å². The number of aliphatic carboxylic acids is 1. The maximum absolute atomic E-state index is 11.6.